The summed E-state index contributed by atoms with van der Waals surface area (Å²) < 4.78 is 0. The molecule has 2 saturated carbocycles. The van der Waals surface area contributed by atoms with Gasteiger partial charge in [0.25, 0.3) is 0 Å². The molecule has 0 bridgehead atoms. The average molecular weight is 251 g/mol. The van der Waals surface area contributed by atoms with E-state index < -0.39 is 0 Å². The highest BCUT2D eigenvalue weighted by Crippen LogP contribution is 2.54. The van der Waals surface area contributed by atoms with E-state index in [2.05, 4.69) is 10.3 Å². The fraction of sp³-hybridized carbons (Fsp3) is 0.667. The van der Waals surface area contributed by atoms with Gasteiger partial charge in [-0.15, -0.1) is 11.3 Å². The van der Waals surface area contributed by atoms with Crippen molar-refractivity contribution in [1.29, 1.82) is 0 Å². The maximum absolute atomic E-state index is 12.0. The minimum absolute atomic E-state index is 0.0731. The molecule has 17 heavy (non-hydrogen) atoms. The summed E-state index contributed by atoms with van der Waals surface area (Å²) in [5, 5.41) is 5.51. The first-order valence-corrected chi connectivity index (χ1v) is 7.03. The lowest BCUT2D eigenvalue weighted by Crippen LogP contribution is -2.21. The van der Waals surface area contributed by atoms with Crippen LogP contribution in [0.15, 0.2) is 5.38 Å². The molecule has 2 aliphatic carbocycles. The second-order valence-corrected chi connectivity index (χ2v) is 6.14. The Hall–Kier alpha value is -0.940. The number of carbonyl (C=O) groups is 1. The first-order valence-electron chi connectivity index (χ1n) is 6.15. The maximum Gasteiger partial charge on any atom is 0.229 e. The van der Waals surface area contributed by atoms with E-state index >= 15 is 0 Å². The fourth-order valence-electron chi connectivity index (χ4n) is 2.69. The number of anilines is 1. The van der Waals surface area contributed by atoms with Crippen molar-refractivity contribution >= 4 is 22.4 Å². The van der Waals surface area contributed by atoms with Gasteiger partial charge in [-0.05, 0) is 38.0 Å². The number of nitrogens with zero attached hydrogens (tertiary/aromatic N) is 1. The molecule has 3 atom stereocenters. The number of amides is 1. The third-order valence-electron chi connectivity index (χ3n) is 3.83. The Kier molecular flexibility index (Phi) is 2.67. The van der Waals surface area contributed by atoms with Crippen LogP contribution in [0.25, 0.3) is 0 Å². The van der Waals surface area contributed by atoms with E-state index in [1.165, 1.54) is 17.8 Å². The zero-order valence-electron chi connectivity index (χ0n) is 9.85. The van der Waals surface area contributed by atoms with Gasteiger partial charge in [0.15, 0.2) is 5.13 Å². The molecule has 3 rings (SSSR count). The normalized spacial score (nSPS) is 32.0. The zero-order valence-corrected chi connectivity index (χ0v) is 10.7. The molecule has 2 aliphatic rings. The number of hydrogen-bond donors (Lipinski definition) is 2. The van der Waals surface area contributed by atoms with E-state index in [1.54, 1.807) is 0 Å². The van der Waals surface area contributed by atoms with Crippen molar-refractivity contribution in [3.8, 4) is 0 Å². The first kappa shape index (κ1) is 11.2. The second kappa shape index (κ2) is 4.07. The lowest BCUT2D eigenvalue weighted by atomic mass is 10.0. The van der Waals surface area contributed by atoms with Crippen LogP contribution in [0.2, 0.25) is 0 Å². The molecule has 0 aliphatic heterocycles. The van der Waals surface area contributed by atoms with Gasteiger partial charge in [0.1, 0.15) is 0 Å². The van der Waals surface area contributed by atoms with Gasteiger partial charge in [-0.1, -0.05) is 0 Å². The Morgan fingerprint density at radius 2 is 2.24 bits per heavy atom. The fourth-order valence-corrected chi connectivity index (χ4v) is 3.51. The predicted octanol–water partition coefficient (Wildman–Crippen LogP) is 2.15. The number of carbonyl (C=O) groups excluding carboxylic acids is 1. The average Bonchev–Trinajstić information content (AvgIpc) is 2.75. The molecule has 0 saturated heterocycles. The minimum atomic E-state index is -0.0731. The van der Waals surface area contributed by atoms with E-state index in [1.807, 2.05) is 12.3 Å². The number of aromatic nitrogens is 1. The summed E-state index contributed by atoms with van der Waals surface area (Å²) in [6, 6.07) is -0.0731. The highest BCUT2D eigenvalue weighted by atomic mass is 32.1. The predicted molar refractivity (Wildman–Crippen MR) is 67.7 cm³/mol. The molecule has 1 heterocycles. The van der Waals surface area contributed by atoms with E-state index in [0.29, 0.717) is 5.13 Å². The van der Waals surface area contributed by atoms with Gasteiger partial charge < -0.3 is 11.1 Å². The largest absolute Gasteiger partial charge is 0.323 e. The number of rotatable bonds is 3. The van der Waals surface area contributed by atoms with Crippen molar-refractivity contribution in [2.45, 2.75) is 32.2 Å². The minimum Gasteiger partial charge on any atom is -0.323 e. The number of thiazole rings is 1. The van der Waals surface area contributed by atoms with Crippen LogP contribution >= 0.6 is 11.3 Å². The zero-order chi connectivity index (χ0) is 12.0. The molecule has 3 unspecified atom stereocenters. The number of fused-ring (bicyclic) bond motifs is 1. The van der Waals surface area contributed by atoms with Crippen LogP contribution < -0.4 is 11.1 Å². The lowest BCUT2D eigenvalue weighted by molar-refractivity contribution is -0.120. The SMILES string of the molecule is CC(N)c1csc(NC(=O)C2CC3CC3C2)n1. The van der Waals surface area contributed by atoms with E-state index in [4.69, 9.17) is 5.73 Å². The Bertz CT molecular complexity index is 433. The van der Waals surface area contributed by atoms with Crippen molar-refractivity contribution in [1.82, 2.24) is 4.98 Å². The second-order valence-electron chi connectivity index (χ2n) is 5.28. The van der Waals surface area contributed by atoms with Crippen LogP contribution in [0.5, 0.6) is 0 Å². The molecular formula is C12H17N3OS. The summed E-state index contributed by atoms with van der Waals surface area (Å²) >= 11 is 1.45. The smallest absolute Gasteiger partial charge is 0.229 e. The van der Waals surface area contributed by atoms with Crippen LogP contribution in [0.3, 0.4) is 0 Å². The monoisotopic (exact) mass is 251 g/mol. The van der Waals surface area contributed by atoms with Gasteiger partial charge >= 0.3 is 0 Å². The molecule has 1 amide bonds. The van der Waals surface area contributed by atoms with Crippen LogP contribution in [-0.4, -0.2) is 10.9 Å². The van der Waals surface area contributed by atoms with Crippen LogP contribution in [0.4, 0.5) is 5.13 Å². The van der Waals surface area contributed by atoms with Gasteiger partial charge in [-0.3, -0.25) is 4.79 Å². The molecule has 2 fully saturated rings. The number of nitrogens with one attached hydrogen (secondary N) is 1. The molecular weight excluding hydrogens is 234 g/mol. The molecule has 92 valence electrons. The molecule has 4 nitrogen and oxygen atoms in total. The van der Waals surface area contributed by atoms with Crippen molar-refractivity contribution < 1.29 is 4.79 Å². The Balaban J connectivity index is 1.60. The van der Waals surface area contributed by atoms with Crippen LogP contribution in [0.1, 0.15) is 37.9 Å². The molecule has 0 aromatic carbocycles. The maximum atomic E-state index is 12.0. The summed E-state index contributed by atoms with van der Waals surface area (Å²) in [6.45, 7) is 1.89. The third kappa shape index (κ3) is 2.21. The molecule has 1 aromatic rings. The summed E-state index contributed by atoms with van der Waals surface area (Å²) in [7, 11) is 0. The van der Waals surface area contributed by atoms with Crippen molar-refractivity contribution in [3.05, 3.63) is 11.1 Å². The topological polar surface area (TPSA) is 68.0 Å². The van der Waals surface area contributed by atoms with Crippen molar-refractivity contribution in [2.75, 3.05) is 5.32 Å². The van der Waals surface area contributed by atoms with Crippen LogP contribution in [0, 0.1) is 17.8 Å². The Morgan fingerprint density at radius 1 is 1.53 bits per heavy atom. The number of nitrogens with two attached hydrogens (primary N) is 1. The molecule has 0 spiro atoms. The summed E-state index contributed by atoms with van der Waals surface area (Å²) in [4.78, 5) is 16.3. The molecule has 1 aromatic heterocycles. The third-order valence-corrected chi connectivity index (χ3v) is 4.61. The van der Waals surface area contributed by atoms with E-state index in [0.717, 1.165) is 30.4 Å². The lowest BCUT2D eigenvalue weighted by Gasteiger charge is -2.10. The van der Waals surface area contributed by atoms with Gasteiger partial charge in [0, 0.05) is 17.3 Å². The highest BCUT2D eigenvalue weighted by molar-refractivity contribution is 7.13. The van der Waals surface area contributed by atoms with Gasteiger partial charge in [-0.25, -0.2) is 4.98 Å². The highest BCUT2D eigenvalue weighted by Gasteiger charge is 2.48. The van der Waals surface area contributed by atoms with Crippen molar-refractivity contribution in [2.24, 2.45) is 23.5 Å². The molecule has 0 radical (unpaired) electrons. The van der Waals surface area contributed by atoms with E-state index in [-0.39, 0.29) is 17.9 Å². The summed E-state index contributed by atoms with van der Waals surface area (Å²) in [5.41, 5.74) is 6.58. The van der Waals surface area contributed by atoms with Gasteiger partial charge in [0.2, 0.25) is 5.91 Å². The molecule has 5 heteroatoms. The quantitative estimate of drug-likeness (QED) is 0.865. The Labute approximate surface area is 105 Å². The van der Waals surface area contributed by atoms with Crippen LogP contribution in [-0.2, 0) is 4.79 Å². The molecule has 3 N–H and O–H groups in total. The summed E-state index contributed by atoms with van der Waals surface area (Å²) in [5.74, 6) is 2.02. The standard InChI is InChI=1S/C12H17N3OS/c1-6(13)10-5-17-12(14-10)15-11(16)9-3-7-2-8(7)4-9/h5-9H,2-4,13H2,1H3,(H,14,15,16). The van der Waals surface area contributed by atoms with E-state index in [9.17, 15) is 4.79 Å². The van der Waals surface area contributed by atoms with Gasteiger partial charge in [-0.2, -0.15) is 0 Å². The summed E-state index contributed by atoms with van der Waals surface area (Å²) in [6.07, 6.45) is 3.49. The van der Waals surface area contributed by atoms with Crippen molar-refractivity contribution in [3.63, 3.8) is 0 Å². The van der Waals surface area contributed by atoms with Gasteiger partial charge in [0.05, 0.1) is 5.69 Å². The Morgan fingerprint density at radius 3 is 2.82 bits per heavy atom. The number of hydrogen-bond acceptors (Lipinski definition) is 4. The first-order chi connectivity index (χ1) is 8.13.